The monoisotopic (exact) mass is 502 g/mol. The Labute approximate surface area is 217 Å². The van der Waals surface area contributed by atoms with Crippen LogP contribution in [0.2, 0.25) is 0 Å². The van der Waals surface area contributed by atoms with Crippen molar-refractivity contribution < 1.29 is 24.2 Å². The Morgan fingerprint density at radius 1 is 0.892 bits per heavy atom. The largest absolute Gasteiger partial charge is 0.478 e. The van der Waals surface area contributed by atoms with Crippen LogP contribution >= 0.6 is 0 Å². The molecule has 37 heavy (non-hydrogen) atoms. The molecule has 0 spiro atoms. The van der Waals surface area contributed by atoms with Gasteiger partial charge in [0, 0.05) is 0 Å². The van der Waals surface area contributed by atoms with E-state index >= 15 is 0 Å². The Hall–Kier alpha value is -4.13. The number of rotatable bonds is 12. The summed E-state index contributed by atoms with van der Waals surface area (Å²) in [6.45, 7) is 4.02. The van der Waals surface area contributed by atoms with Crippen LogP contribution in [0.25, 0.3) is 0 Å². The van der Waals surface area contributed by atoms with Crippen LogP contribution in [0.15, 0.2) is 78.9 Å². The number of anilines is 1. The number of ether oxygens (including phenoxy) is 1. The molecular formula is C30H34N2O5. The predicted octanol–water partition coefficient (Wildman–Crippen LogP) is 6.67. The zero-order valence-corrected chi connectivity index (χ0v) is 21.3. The summed E-state index contributed by atoms with van der Waals surface area (Å²) in [5, 5.41) is 15.5. The van der Waals surface area contributed by atoms with Gasteiger partial charge >= 0.3 is 12.1 Å². The van der Waals surface area contributed by atoms with E-state index in [-0.39, 0.29) is 29.8 Å². The Morgan fingerprint density at radius 2 is 1.57 bits per heavy atom. The third kappa shape index (κ3) is 7.93. The molecule has 0 aliphatic heterocycles. The number of carboxylic acid groups (broad SMARTS) is 1. The minimum atomic E-state index is -1.20. The van der Waals surface area contributed by atoms with Crippen molar-refractivity contribution in [3.8, 4) is 0 Å². The summed E-state index contributed by atoms with van der Waals surface area (Å²) in [5.74, 6) is -2.08. The second kappa shape index (κ2) is 13.8. The molecular weight excluding hydrogens is 468 g/mol. The molecule has 3 aromatic rings. The van der Waals surface area contributed by atoms with E-state index < -0.39 is 18.0 Å². The van der Waals surface area contributed by atoms with Crippen molar-refractivity contribution in [1.82, 2.24) is 5.32 Å². The molecule has 0 aromatic heterocycles. The summed E-state index contributed by atoms with van der Waals surface area (Å²) in [7, 11) is 0. The molecule has 0 saturated heterocycles. The third-order valence-corrected chi connectivity index (χ3v) is 6.21. The number of aromatic carboxylic acids is 1. The Morgan fingerprint density at radius 3 is 2.22 bits per heavy atom. The molecule has 0 bridgehead atoms. The number of amides is 2. The standard InChI is InChI=1S/C30H34N2O5/c1-3-4-7-17-25(28(33)31-21(2)23-15-10-6-11-16-23)24-18-12-19-26(29(34)35)27(24)32-30(36)37-20-22-13-8-5-9-14-22/h5-6,8-16,18-19,21,25H,3-4,7,17,20H2,1-2H3,(H,31,33)(H,32,36)(H,34,35)/t21-,25?/m1/s1. The van der Waals surface area contributed by atoms with Crippen molar-refractivity contribution in [1.29, 1.82) is 0 Å². The lowest BCUT2D eigenvalue weighted by atomic mass is 9.89. The highest BCUT2D eigenvalue weighted by molar-refractivity contribution is 6.01. The zero-order chi connectivity index (χ0) is 26.6. The molecule has 0 fully saturated rings. The first-order valence-corrected chi connectivity index (χ1v) is 12.6. The van der Waals surface area contributed by atoms with E-state index in [9.17, 15) is 19.5 Å². The molecule has 7 nitrogen and oxygen atoms in total. The number of benzene rings is 3. The van der Waals surface area contributed by atoms with Crippen LogP contribution < -0.4 is 10.6 Å². The van der Waals surface area contributed by atoms with Gasteiger partial charge < -0.3 is 15.2 Å². The normalized spacial score (nSPS) is 12.3. The van der Waals surface area contributed by atoms with Crippen LogP contribution in [0, 0.1) is 0 Å². The van der Waals surface area contributed by atoms with Crippen LogP contribution in [0.1, 0.15) is 78.5 Å². The molecule has 2 amide bonds. The summed E-state index contributed by atoms with van der Waals surface area (Å²) in [4.78, 5) is 38.3. The smallest absolute Gasteiger partial charge is 0.411 e. The van der Waals surface area contributed by atoms with Crippen molar-refractivity contribution in [3.05, 3.63) is 101 Å². The lowest BCUT2D eigenvalue weighted by molar-refractivity contribution is -0.123. The van der Waals surface area contributed by atoms with Crippen molar-refractivity contribution in [2.24, 2.45) is 0 Å². The summed E-state index contributed by atoms with van der Waals surface area (Å²) >= 11 is 0. The fourth-order valence-corrected chi connectivity index (χ4v) is 4.20. The number of hydrogen-bond acceptors (Lipinski definition) is 4. The van der Waals surface area contributed by atoms with Gasteiger partial charge in [0.15, 0.2) is 0 Å². The fourth-order valence-electron chi connectivity index (χ4n) is 4.20. The molecule has 2 atom stereocenters. The molecule has 194 valence electrons. The van der Waals surface area contributed by atoms with Gasteiger partial charge in [-0.25, -0.2) is 9.59 Å². The average Bonchev–Trinajstić information content (AvgIpc) is 2.91. The molecule has 0 radical (unpaired) electrons. The predicted molar refractivity (Wildman–Crippen MR) is 144 cm³/mol. The first-order valence-electron chi connectivity index (χ1n) is 12.6. The first-order chi connectivity index (χ1) is 17.9. The van der Waals surface area contributed by atoms with Crippen LogP contribution in [-0.2, 0) is 16.1 Å². The summed E-state index contributed by atoms with van der Waals surface area (Å²) in [5.41, 5.74) is 2.20. The number of para-hydroxylation sites is 1. The highest BCUT2D eigenvalue weighted by Crippen LogP contribution is 2.33. The van der Waals surface area contributed by atoms with E-state index in [2.05, 4.69) is 17.6 Å². The van der Waals surface area contributed by atoms with Gasteiger partial charge in [-0.15, -0.1) is 0 Å². The number of carbonyl (C=O) groups excluding carboxylic acids is 2. The highest BCUT2D eigenvalue weighted by Gasteiger charge is 2.28. The van der Waals surface area contributed by atoms with Crippen molar-refractivity contribution in [3.63, 3.8) is 0 Å². The molecule has 0 aliphatic carbocycles. The van der Waals surface area contributed by atoms with Gasteiger partial charge in [0.1, 0.15) is 6.61 Å². The van der Waals surface area contributed by atoms with Crippen LogP contribution in [0.4, 0.5) is 10.5 Å². The molecule has 0 aliphatic rings. The maximum absolute atomic E-state index is 13.5. The number of unbranched alkanes of at least 4 members (excludes halogenated alkanes) is 2. The molecule has 7 heteroatoms. The second-order valence-electron chi connectivity index (χ2n) is 8.95. The topological polar surface area (TPSA) is 105 Å². The van der Waals surface area contributed by atoms with Gasteiger partial charge in [-0.2, -0.15) is 0 Å². The number of nitrogens with one attached hydrogen (secondary N) is 2. The Bertz CT molecular complexity index is 1180. The van der Waals surface area contributed by atoms with E-state index in [0.29, 0.717) is 12.0 Å². The highest BCUT2D eigenvalue weighted by atomic mass is 16.5. The number of hydrogen-bond donors (Lipinski definition) is 3. The van der Waals surface area contributed by atoms with E-state index in [4.69, 9.17) is 4.74 Å². The lowest BCUT2D eigenvalue weighted by Crippen LogP contribution is -2.32. The zero-order valence-electron chi connectivity index (χ0n) is 21.3. The van der Waals surface area contributed by atoms with Crippen LogP contribution in [0.3, 0.4) is 0 Å². The summed E-state index contributed by atoms with van der Waals surface area (Å²) in [6.07, 6.45) is 2.41. The molecule has 3 aromatic carbocycles. The molecule has 0 saturated carbocycles. The van der Waals surface area contributed by atoms with Crippen LogP contribution in [-0.4, -0.2) is 23.1 Å². The van der Waals surface area contributed by atoms with Crippen LogP contribution in [0.5, 0.6) is 0 Å². The molecule has 3 rings (SSSR count). The number of carbonyl (C=O) groups is 3. The van der Waals surface area contributed by atoms with Gasteiger partial charge in [0.25, 0.3) is 0 Å². The first kappa shape index (κ1) is 27.5. The Balaban J connectivity index is 1.88. The SMILES string of the molecule is CCCCCC(C(=O)N[C@H](C)c1ccccc1)c1cccc(C(=O)O)c1NC(=O)OCc1ccccc1. The molecule has 3 N–H and O–H groups in total. The maximum atomic E-state index is 13.5. The Kier molecular flexibility index (Phi) is 10.3. The van der Waals surface area contributed by atoms with Crippen molar-refractivity contribution in [2.45, 2.75) is 58.1 Å². The van der Waals surface area contributed by atoms with Gasteiger partial charge in [-0.3, -0.25) is 10.1 Å². The van der Waals surface area contributed by atoms with Gasteiger partial charge in [0.05, 0.1) is 23.2 Å². The summed E-state index contributed by atoms with van der Waals surface area (Å²) < 4.78 is 5.34. The van der Waals surface area contributed by atoms with Gasteiger partial charge in [-0.05, 0) is 36.1 Å². The fraction of sp³-hybridized carbons (Fsp3) is 0.300. The van der Waals surface area contributed by atoms with E-state index in [1.54, 1.807) is 12.1 Å². The lowest BCUT2D eigenvalue weighted by Gasteiger charge is -2.24. The molecule has 0 heterocycles. The third-order valence-electron chi connectivity index (χ3n) is 6.21. The number of carboxylic acids is 1. The maximum Gasteiger partial charge on any atom is 0.411 e. The van der Waals surface area contributed by atoms with E-state index in [1.807, 2.05) is 67.6 Å². The average molecular weight is 503 g/mol. The minimum absolute atomic E-state index is 0.0340. The summed E-state index contributed by atoms with van der Waals surface area (Å²) in [6, 6.07) is 23.3. The molecule has 1 unspecified atom stereocenters. The van der Waals surface area contributed by atoms with Crippen molar-refractivity contribution >= 4 is 23.7 Å². The van der Waals surface area contributed by atoms with E-state index in [0.717, 1.165) is 30.4 Å². The van der Waals surface area contributed by atoms with E-state index in [1.165, 1.54) is 6.07 Å². The van der Waals surface area contributed by atoms with Gasteiger partial charge in [-0.1, -0.05) is 99.0 Å². The van der Waals surface area contributed by atoms with Gasteiger partial charge in [0.2, 0.25) is 5.91 Å². The minimum Gasteiger partial charge on any atom is -0.478 e. The quantitative estimate of drug-likeness (QED) is 0.240. The second-order valence-corrected chi connectivity index (χ2v) is 8.95. The van der Waals surface area contributed by atoms with Crippen molar-refractivity contribution in [2.75, 3.05) is 5.32 Å².